The van der Waals surface area contributed by atoms with Crippen molar-refractivity contribution in [3.8, 4) is 0 Å². The van der Waals surface area contributed by atoms with E-state index in [1.54, 1.807) is 0 Å². The van der Waals surface area contributed by atoms with Crippen molar-refractivity contribution < 1.29 is 4.39 Å². The van der Waals surface area contributed by atoms with E-state index in [1.807, 2.05) is 12.1 Å². The molecule has 0 saturated carbocycles. The van der Waals surface area contributed by atoms with Gasteiger partial charge in [-0.3, -0.25) is 4.90 Å². The normalized spacial score (nSPS) is 19.4. The summed E-state index contributed by atoms with van der Waals surface area (Å²) in [4.78, 5) is 2.48. The SMILES string of the molecule is CC1CNCCN1CCc1ccc(F)c(Br)c1.Cl.Cl. The Morgan fingerprint density at radius 3 is 2.79 bits per heavy atom. The minimum atomic E-state index is -0.190. The molecule has 1 aromatic carbocycles. The molecule has 2 rings (SSSR count). The van der Waals surface area contributed by atoms with E-state index in [1.165, 1.54) is 11.6 Å². The molecular weight excluding hydrogens is 354 g/mol. The van der Waals surface area contributed by atoms with Gasteiger partial charge in [0, 0.05) is 32.2 Å². The molecule has 19 heavy (non-hydrogen) atoms. The van der Waals surface area contributed by atoms with Crippen molar-refractivity contribution in [3.05, 3.63) is 34.1 Å². The maximum absolute atomic E-state index is 13.1. The lowest BCUT2D eigenvalue weighted by molar-refractivity contribution is 0.176. The summed E-state index contributed by atoms with van der Waals surface area (Å²) in [5.41, 5.74) is 1.18. The molecule has 2 nitrogen and oxygen atoms in total. The summed E-state index contributed by atoms with van der Waals surface area (Å²) in [6.45, 7) is 6.52. The van der Waals surface area contributed by atoms with Crippen LogP contribution in [0.1, 0.15) is 12.5 Å². The van der Waals surface area contributed by atoms with Crippen molar-refractivity contribution in [2.45, 2.75) is 19.4 Å². The molecule has 0 amide bonds. The highest BCUT2D eigenvalue weighted by Gasteiger charge is 2.17. The minimum absolute atomic E-state index is 0. The van der Waals surface area contributed by atoms with Gasteiger partial charge in [0.05, 0.1) is 4.47 Å². The Kier molecular flexibility index (Phi) is 9.20. The second kappa shape index (κ2) is 9.14. The minimum Gasteiger partial charge on any atom is -0.314 e. The fourth-order valence-electron chi connectivity index (χ4n) is 2.18. The number of nitrogens with zero attached hydrogens (tertiary/aromatic N) is 1. The Labute approximate surface area is 135 Å². The topological polar surface area (TPSA) is 15.3 Å². The van der Waals surface area contributed by atoms with Gasteiger partial charge < -0.3 is 5.32 Å². The molecule has 1 fully saturated rings. The highest BCUT2D eigenvalue weighted by molar-refractivity contribution is 9.10. The van der Waals surface area contributed by atoms with Crippen LogP contribution in [0.25, 0.3) is 0 Å². The molecule has 1 aliphatic heterocycles. The van der Waals surface area contributed by atoms with E-state index in [4.69, 9.17) is 0 Å². The maximum Gasteiger partial charge on any atom is 0.137 e. The maximum atomic E-state index is 13.1. The van der Waals surface area contributed by atoms with Crippen molar-refractivity contribution in [1.29, 1.82) is 0 Å². The predicted octanol–water partition coefficient (Wildman–Crippen LogP) is 3.27. The van der Waals surface area contributed by atoms with Crippen LogP contribution < -0.4 is 5.32 Å². The zero-order valence-electron chi connectivity index (χ0n) is 10.9. The molecule has 1 atom stereocenters. The molecular formula is C13H20BrCl2FN2. The molecule has 0 radical (unpaired) electrons. The molecule has 1 aromatic rings. The van der Waals surface area contributed by atoms with Crippen molar-refractivity contribution in [1.82, 2.24) is 10.2 Å². The van der Waals surface area contributed by atoms with Crippen molar-refractivity contribution in [2.24, 2.45) is 0 Å². The van der Waals surface area contributed by atoms with Gasteiger partial charge in [-0.2, -0.15) is 0 Å². The van der Waals surface area contributed by atoms with Crippen LogP contribution >= 0.6 is 40.7 Å². The highest BCUT2D eigenvalue weighted by atomic mass is 79.9. The van der Waals surface area contributed by atoms with Gasteiger partial charge in [0.2, 0.25) is 0 Å². The first-order valence-electron chi connectivity index (χ1n) is 6.05. The third-order valence-electron chi connectivity index (χ3n) is 3.31. The van der Waals surface area contributed by atoms with E-state index in [-0.39, 0.29) is 30.6 Å². The van der Waals surface area contributed by atoms with Crippen molar-refractivity contribution in [2.75, 3.05) is 26.2 Å². The van der Waals surface area contributed by atoms with Gasteiger partial charge in [-0.15, -0.1) is 24.8 Å². The number of nitrogens with one attached hydrogen (secondary N) is 1. The third kappa shape index (κ3) is 5.56. The predicted molar refractivity (Wildman–Crippen MR) is 86.2 cm³/mol. The molecule has 1 unspecified atom stereocenters. The van der Waals surface area contributed by atoms with Crippen LogP contribution in [0.4, 0.5) is 4.39 Å². The van der Waals surface area contributed by atoms with Crippen molar-refractivity contribution in [3.63, 3.8) is 0 Å². The van der Waals surface area contributed by atoms with Gasteiger partial charge in [0.1, 0.15) is 5.82 Å². The van der Waals surface area contributed by atoms with E-state index >= 15 is 0 Å². The average molecular weight is 374 g/mol. The second-order valence-electron chi connectivity index (χ2n) is 4.59. The largest absolute Gasteiger partial charge is 0.314 e. The summed E-state index contributed by atoms with van der Waals surface area (Å²) in [6.07, 6.45) is 0.975. The monoisotopic (exact) mass is 372 g/mol. The van der Waals surface area contributed by atoms with E-state index < -0.39 is 0 Å². The van der Waals surface area contributed by atoms with Crippen molar-refractivity contribution >= 4 is 40.7 Å². The number of rotatable bonds is 3. The summed E-state index contributed by atoms with van der Waals surface area (Å²) in [5.74, 6) is -0.190. The molecule has 0 spiro atoms. The van der Waals surface area contributed by atoms with Gasteiger partial charge in [-0.05, 0) is 47.0 Å². The summed E-state index contributed by atoms with van der Waals surface area (Å²) in [7, 11) is 0. The molecule has 6 heteroatoms. The van der Waals surface area contributed by atoms with Crippen LogP contribution in [0.2, 0.25) is 0 Å². The highest BCUT2D eigenvalue weighted by Crippen LogP contribution is 2.17. The van der Waals surface area contributed by atoms with Gasteiger partial charge in [-0.25, -0.2) is 4.39 Å². The standard InChI is InChI=1S/C13H18BrFN2.2ClH/c1-10-9-16-5-7-17(10)6-4-11-2-3-13(15)12(14)8-11;;/h2-3,8,10,16H,4-7,9H2,1H3;2*1H. The van der Waals surface area contributed by atoms with E-state index in [9.17, 15) is 4.39 Å². The zero-order valence-corrected chi connectivity index (χ0v) is 14.1. The van der Waals surface area contributed by atoms with Gasteiger partial charge in [0.15, 0.2) is 0 Å². The van der Waals surface area contributed by atoms with Crippen LogP contribution in [0.5, 0.6) is 0 Å². The van der Waals surface area contributed by atoms with Crippen LogP contribution in [-0.4, -0.2) is 37.1 Å². The summed E-state index contributed by atoms with van der Waals surface area (Å²) >= 11 is 3.23. The van der Waals surface area contributed by atoms with Gasteiger partial charge >= 0.3 is 0 Å². The van der Waals surface area contributed by atoms with Crippen LogP contribution in [0.15, 0.2) is 22.7 Å². The first-order chi connectivity index (χ1) is 8.16. The van der Waals surface area contributed by atoms with Gasteiger partial charge in [-0.1, -0.05) is 6.07 Å². The molecule has 0 aliphatic carbocycles. The fourth-order valence-corrected chi connectivity index (χ4v) is 2.61. The number of hydrogen-bond acceptors (Lipinski definition) is 2. The fraction of sp³-hybridized carbons (Fsp3) is 0.538. The van der Waals surface area contributed by atoms with E-state index in [0.717, 1.165) is 32.6 Å². The van der Waals surface area contributed by atoms with Crippen LogP contribution in [0.3, 0.4) is 0 Å². The molecule has 1 heterocycles. The second-order valence-corrected chi connectivity index (χ2v) is 5.44. The quantitative estimate of drug-likeness (QED) is 0.874. The third-order valence-corrected chi connectivity index (χ3v) is 3.92. The first-order valence-corrected chi connectivity index (χ1v) is 6.85. The zero-order chi connectivity index (χ0) is 12.3. The molecule has 110 valence electrons. The lowest BCUT2D eigenvalue weighted by Crippen LogP contribution is -2.50. The Morgan fingerprint density at radius 1 is 1.42 bits per heavy atom. The number of benzene rings is 1. The van der Waals surface area contributed by atoms with Crippen LogP contribution in [-0.2, 0) is 6.42 Å². The number of piperazine rings is 1. The van der Waals surface area contributed by atoms with E-state index in [2.05, 4.69) is 33.1 Å². The summed E-state index contributed by atoms with van der Waals surface area (Å²) in [5, 5.41) is 3.38. The average Bonchev–Trinajstić information content (AvgIpc) is 2.32. The lowest BCUT2D eigenvalue weighted by Gasteiger charge is -2.33. The number of halogens is 4. The molecule has 1 aliphatic rings. The summed E-state index contributed by atoms with van der Waals surface area (Å²) in [6, 6.07) is 5.86. The van der Waals surface area contributed by atoms with Crippen LogP contribution in [0, 0.1) is 5.82 Å². The Hall–Kier alpha value is 0.130. The Balaban J connectivity index is 0.00000162. The molecule has 0 aromatic heterocycles. The lowest BCUT2D eigenvalue weighted by atomic mass is 10.1. The van der Waals surface area contributed by atoms with Gasteiger partial charge in [0.25, 0.3) is 0 Å². The first kappa shape index (κ1) is 19.1. The Bertz CT molecular complexity index is 393. The molecule has 1 N–H and O–H groups in total. The molecule has 0 bridgehead atoms. The number of hydrogen-bond donors (Lipinski definition) is 1. The summed E-state index contributed by atoms with van der Waals surface area (Å²) < 4.78 is 13.6. The smallest absolute Gasteiger partial charge is 0.137 e. The Morgan fingerprint density at radius 2 is 2.16 bits per heavy atom. The van der Waals surface area contributed by atoms with E-state index in [0.29, 0.717) is 10.5 Å². The molecule has 1 saturated heterocycles.